The van der Waals surface area contributed by atoms with E-state index >= 15 is 0 Å². The van der Waals surface area contributed by atoms with E-state index in [9.17, 15) is 26.3 Å². The Bertz CT molecular complexity index is 1110. The Morgan fingerprint density at radius 2 is 1.51 bits per heavy atom. The van der Waals surface area contributed by atoms with Crippen LogP contribution < -0.4 is 0 Å². The SMILES string of the molecule is O=C(O)C(F)(F)F.O=C(O)C(F)(F)F.c1cncc(CN2CCCn3cnc(Cn4cccc4)c3C2)c1. The first-order chi connectivity index (χ1) is 17.3. The Labute approximate surface area is 206 Å². The third-order valence-corrected chi connectivity index (χ3v) is 4.89. The molecule has 202 valence electrons. The standard InChI is InChI=1S/C18H21N5.2C2HF3O2/c1-2-8-21(7-1)13-17-18-14-22(9-4-10-23(18)15-20-17)12-16-5-3-6-19-11-16;2*3-2(4,5)1(6)7/h1-3,5-8,11,15H,4,9-10,12-14H2;2*(H,6,7). The van der Waals surface area contributed by atoms with Gasteiger partial charge < -0.3 is 19.3 Å². The number of aromatic nitrogens is 4. The van der Waals surface area contributed by atoms with Crippen LogP contribution in [0.25, 0.3) is 0 Å². The highest BCUT2D eigenvalue weighted by atomic mass is 19.4. The predicted molar refractivity (Wildman–Crippen MR) is 116 cm³/mol. The second-order valence-corrected chi connectivity index (χ2v) is 7.72. The third kappa shape index (κ3) is 9.95. The molecule has 0 fully saturated rings. The van der Waals surface area contributed by atoms with Gasteiger partial charge in [-0.25, -0.2) is 14.6 Å². The first-order valence-corrected chi connectivity index (χ1v) is 10.6. The van der Waals surface area contributed by atoms with Crippen molar-refractivity contribution in [1.82, 2.24) is 24.0 Å². The number of carboxylic acid groups (broad SMARTS) is 2. The molecule has 1 aliphatic heterocycles. The summed E-state index contributed by atoms with van der Waals surface area (Å²) in [4.78, 5) is 29.2. The highest BCUT2D eigenvalue weighted by Gasteiger charge is 2.38. The number of nitrogens with zero attached hydrogens (tertiary/aromatic N) is 5. The van der Waals surface area contributed by atoms with Crippen LogP contribution in [0.4, 0.5) is 26.3 Å². The van der Waals surface area contributed by atoms with Gasteiger partial charge in [-0.15, -0.1) is 0 Å². The molecule has 0 saturated carbocycles. The summed E-state index contributed by atoms with van der Waals surface area (Å²) < 4.78 is 68.0. The van der Waals surface area contributed by atoms with Crippen LogP contribution in [0, 0.1) is 0 Å². The number of aryl methyl sites for hydroxylation is 1. The van der Waals surface area contributed by atoms with Gasteiger partial charge in [-0.3, -0.25) is 9.88 Å². The smallest absolute Gasteiger partial charge is 0.475 e. The number of halogens is 6. The molecule has 4 rings (SSSR count). The zero-order valence-electron chi connectivity index (χ0n) is 19.2. The summed E-state index contributed by atoms with van der Waals surface area (Å²) in [5.41, 5.74) is 3.80. The van der Waals surface area contributed by atoms with Crippen LogP contribution >= 0.6 is 0 Å². The summed E-state index contributed by atoms with van der Waals surface area (Å²) in [5, 5.41) is 14.2. The lowest BCUT2D eigenvalue weighted by Crippen LogP contribution is -2.23. The van der Waals surface area contributed by atoms with Crippen LogP contribution in [-0.2, 0) is 35.8 Å². The van der Waals surface area contributed by atoms with Crippen molar-refractivity contribution in [3.8, 4) is 0 Å². The monoisotopic (exact) mass is 535 g/mol. The van der Waals surface area contributed by atoms with Gasteiger partial charge >= 0.3 is 24.3 Å². The molecule has 0 aliphatic carbocycles. The molecule has 4 heterocycles. The average molecular weight is 535 g/mol. The van der Waals surface area contributed by atoms with Crippen molar-refractivity contribution in [2.24, 2.45) is 0 Å². The van der Waals surface area contributed by atoms with Crippen LogP contribution in [0.5, 0.6) is 0 Å². The maximum Gasteiger partial charge on any atom is 0.490 e. The van der Waals surface area contributed by atoms with Crippen molar-refractivity contribution in [3.05, 3.63) is 72.3 Å². The molecule has 0 bridgehead atoms. The second-order valence-electron chi connectivity index (χ2n) is 7.72. The molecule has 37 heavy (non-hydrogen) atoms. The van der Waals surface area contributed by atoms with Crippen molar-refractivity contribution in [3.63, 3.8) is 0 Å². The van der Waals surface area contributed by atoms with Crippen molar-refractivity contribution in [2.45, 2.75) is 45.0 Å². The van der Waals surface area contributed by atoms with E-state index < -0.39 is 24.3 Å². The van der Waals surface area contributed by atoms with Gasteiger partial charge in [-0.05, 0) is 30.2 Å². The van der Waals surface area contributed by atoms with Gasteiger partial charge in [0.15, 0.2) is 0 Å². The highest BCUT2D eigenvalue weighted by Crippen LogP contribution is 2.19. The van der Waals surface area contributed by atoms with Gasteiger partial charge in [0.1, 0.15) is 0 Å². The number of hydrogen-bond acceptors (Lipinski definition) is 5. The number of fused-ring (bicyclic) bond motifs is 1. The number of pyridine rings is 1. The van der Waals surface area contributed by atoms with E-state index in [1.165, 1.54) is 17.0 Å². The molecule has 0 atom stereocenters. The molecular weight excluding hydrogens is 512 g/mol. The van der Waals surface area contributed by atoms with Gasteiger partial charge in [0.05, 0.1) is 24.3 Å². The van der Waals surface area contributed by atoms with Crippen molar-refractivity contribution < 1.29 is 46.1 Å². The quantitative estimate of drug-likeness (QED) is 0.489. The molecule has 9 nitrogen and oxygen atoms in total. The number of rotatable bonds is 4. The van der Waals surface area contributed by atoms with Gasteiger partial charge in [-0.1, -0.05) is 6.07 Å². The molecule has 2 N–H and O–H groups in total. The van der Waals surface area contributed by atoms with E-state index in [-0.39, 0.29) is 0 Å². The van der Waals surface area contributed by atoms with Crippen LogP contribution in [0.15, 0.2) is 55.4 Å². The Morgan fingerprint density at radius 1 is 0.919 bits per heavy atom. The first-order valence-electron chi connectivity index (χ1n) is 10.6. The topological polar surface area (TPSA) is 113 Å². The largest absolute Gasteiger partial charge is 0.490 e. The van der Waals surface area contributed by atoms with E-state index in [0.717, 1.165) is 39.1 Å². The summed E-state index contributed by atoms with van der Waals surface area (Å²) >= 11 is 0. The zero-order chi connectivity index (χ0) is 27.6. The molecule has 3 aromatic rings. The van der Waals surface area contributed by atoms with Crippen molar-refractivity contribution >= 4 is 11.9 Å². The van der Waals surface area contributed by atoms with Crippen LogP contribution in [0.2, 0.25) is 0 Å². The number of carbonyl (C=O) groups is 2. The van der Waals surface area contributed by atoms with Crippen LogP contribution in [0.3, 0.4) is 0 Å². The molecule has 0 amide bonds. The molecule has 0 unspecified atom stereocenters. The number of hydrogen-bond donors (Lipinski definition) is 2. The lowest BCUT2D eigenvalue weighted by molar-refractivity contribution is -0.193. The molecule has 0 aromatic carbocycles. The number of carboxylic acids is 2. The van der Waals surface area contributed by atoms with Gasteiger partial charge in [-0.2, -0.15) is 26.3 Å². The van der Waals surface area contributed by atoms with E-state index in [4.69, 9.17) is 19.8 Å². The highest BCUT2D eigenvalue weighted by molar-refractivity contribution is 5.73. The fourth-order valence-corrected chi connectivity index (χ4v) is 3.25. The minimum Gasteiger partial charge on any atom is -0.475 e. The fourth-order valence-electron chi connectivity index (χ4n) is 3.25. The summed E-state index contributed by atoms with van der Waals surface area (Å²) in [7, 11) is 0. The van der Waals surface area contributed by atoms with E-state index in [1.807, 2.05) is 24.8 Å². The Kier molecular flexibility index (Phi) is 10.2. The minimum atomic E-state index is -5.08. The molecular formula is C22H23F6N5O4. The fraction of sp³-hybridized carbons (Fsp3) is 0.364. The molecule has 3 aromatic heterocycles. The maximum atomic E-state index is 10.6. The van der Waals surface area contributed by atoms with Gasteiger partial charge in [0.25, 0.3) is 0 Å². The predicted octanol–water partition coefficient (Wildman–Crippen LogP) is 3.80. The lowest BCUT2D eigenvalue weighted by atomic mass is 10.2. The first kappa shape index (κ1) is 29.4. The van der Waals surface area contributed by atoms with E-state index in [1.54, 1.807) is 0 Å². The molecule has 0 radical (unpaired) electrons. The molecule has 15 heteroatoms. The Balaban J connectivity index is 0.000000286. The third-order valence-electron chi connectivity index (χ3n) is 4.89. The van der Waals surface area contributed by atoms with Gasteiger partial charge in [0, 0.05) is 51.0 Å². The summed E-state index contributed by atoms with van der Waals surface area (Å²) in [6, 6.07) is 8.28. The van der Waals surface area contributed by atoms with Crippen LogP contribution in [0.1, 0.15) is 23.4 Å². The molecule has 0 spiro atoms. The van der Waals surface area contributed by atoms with E-state index in [0.29, 0.717) is 0 Å². The normalized spacial score (nSPS) is 13.8. The summed E-state index contributed by atoms with van der Waals surface area (Å²) in [6.45, 7) is 4.90. The van der Waals surface area contributed by atoms with Crippen molar-refractivity contribution in [2.75, 3.05) is 6.54 Å². The van der Waals surface area contributed by atoms with E-state index in [2.05, 4.69) is 54.6 Å². The van der Waals surface area contributed by atoms with Crippen molar-refractivity contribution in [1.29, 1.82) is 0 Å². The molecule has 1 aliphatic rings. The number of imidazole rings is 1. The Morgan fingerprint density at radius 3 is 2.03 bits per heavy atom. The zero-order valence-corrected chi connectivity index (χ0v) is 19.2. The second kappa shape index (κ2) is 12.9. The molecule has 0 saturated heterocycles. The lowest BCUT2D eigenvalue weighted by Gasteiger charge is -2.20. The number of aliphatic carboxylic acids is 2. The minimum absolute atomic E-state index is 0.843. The van der Waals surface area contributed by atoms with Crippen LogP contribution in [-0.4, -0.2) is 65.1 Å². The summed E-state index contributed by atoms with van der Waals surface area (Å²) in [5.74, 6) is -5.51. The summed E-state index contributed by atoms with van der Waals surface area (Å²) in [6.07, 6.45) is 0.971. The Hall–Kier alpha value is -3.88. The maximum absolute atomic E-state index is 10.6. The van der Waals surface area contributed by atoms with Gasteiger partial charge in [0.2, 0.25) is 0 Å². The average Bonchev–Trinajstić information content (AvgIpc) is 3.40. The number of alkyl halides is 6.